The standard InChI is InChI=1S/C20H31F3N4O2.HI/c1-24-19(25-10-11-27(2)14-20(21,22)23)26-13-15-8-9-17(28-3)12-18(15)29-16-6-4-5-7-16;/h8-9,12,16H,4-7,10-11,13-14H2,1-3H3,(H2,24,25,26);1H. The Balaban J connectivity index is 0.00000450. The van der Waals surface area contributed by atoms with Crippen molar-refractivity contribution in [1.29, 1.82) is 0 Å². The number of hydrogen-bond donors (Lipinski definition) is 2. The van der Waals surface area contributed by atoms with Gasteiger partial charge < -0.3 is 20.1 Å². The van der Waals surface area contributed by atoms with Gasteiger partial charge in [-0.25, -0.2) is 0 Å². The summed E-state index contributed by atoms with van der Waals surface area (Å²) in [6, 6.07) is 5.71. The first-order valence-electron chi connectivity index (χ1n) is 9.84. The Bertz CT molecular complexity index is 668. The molecule has 0 amide bonds. The van der Waals surface area contributed by atoms with Gasteiger partial charge in [-0.15, -0.1) is 24.0 Å². The molecule has 0 aliphatic heterocycles. The van der Waals surface area contributed by atoms with E-state index >= 15 is 0 Å². The Morgan fingerprint density at radius 3 is 2.53 bits per heavy atom. The van der Waals surface area contributed by atoms with Gasteiger partial charge in [0.05, 0.1) is 19.8 Å². The van der Waals surface area contributed by atoms with Crippen molar-refractivity contribution in [2.75, 3.05) is 40.8 Å². The number of benzene rings is 1. The molecule has 1 aromatic carbocycles. The summed E-state index contributed by atoms with van der Waals surface area (Å²) in [4.78, 5) is 5.35. The lowest BCUT2D eigenvalue weighted by Crippen LogP contribution is -2.42. The molecule has 30 heavy (non-hydrogen) atoms. The zero-order valence-electron chi connectivity index (χ0n) is 17.7. The second kappa shape index (κ2) is 13.1. The molecule has 2 rings (SSSR count). The first-order chi connectivity index (χ1) is 13.8. The zero-order chi connectivity index (χ0) is 21.3. The van der Waals surface area contributed by atoms with Crippen LogP contribution in [0.2, 0.25) is 0 Å². The van der Waals surface area contributed by atoms with Crippen LogP contribution in [-0.4, -0.2) is 64.0 Å². The molecule has 0 saturated heterocycles. The number of methoxy groups -OCH3 is 1. The summed E-state index contributed by atoms with van der Waals surface area (Å²) in [6.45, 7) is 0.137. The van der Waals surface area contributed by atoms with Gasteiger partial charge in [-0.2, -0.15) is 13.2 Å². The highest BCUT2D eigenvalue weighted by Crippen LogP contribution is 2.30. The molecule has 1 saturated carbocycles. The summed E-state index contributed by atoms with van der Waals surface area (Å²) in [6.07, 6.45) is 0.502. The number of alkyl halides is 3. The zero-order valence-corrected chi connectivity index (χ0v) is 20.0. The minimum absolute atomic E-state index is 0. The molecular weight excluding hydrogens is 512 g/mol. The Kier molecular flexibility index (Phi) is 11.6. The molecule has 6 nitrogen and oxygen atoms in total. The Morgan fingerprint density at radius 2 is 1.93 bits per heavy atom. The van der Waals surface area contributed by atoms with Gasteiger partial charge in [0.1, 0.15) is 11.5 Å². The minimum atomic E-state index is -4.20. The van der Waals surface area contributed by atoms with Crippen LogP contribution in [0, 0.1) is 0 Å². The number of halogens is 4. The van der Waals surface area contributed by atoms with E-state index in [0.29, 0.717) is 19.0 Å². The van der Waals surface area contributed by atoms with E-state index in [1.807, 2.05) is 18.2 Å². The Hall–Kier alpha value is -1.43. The van der Waals surface area contributed by atoms with Gasteiger partial charge in [-0.1, -0.05) is 0 Å². The minimum Gasteiger partial charge on any atom is -0.497 e. The van der Waals surface area contributed by atoms with E-state index in [2.05, 4.69) is 15.6 Å². The first kappa shape index (κ1) is 26.6. The summed E-state index contributed by atoms with van der Waals surface area (Å²) >= 11 is 0. The molecule has 10 heteroatoms. The number of aliphatic imine (C=N–C) groups is 1. The smallest absolute Gasteiger partial charge is 0.401 e. The molecule has 0 spiro atoms. The van der Waals surface area contributed by atoms with Gasteiger partial charge in [0.15, 0.2) is 5.96 Å². The van der Waals surface area contributed by atoms with Gasteiger partial charge in [-0.05, 0) is 44.9 Å². The summed E-state index contributed by atoms with van der Waals surface area (Å²) in [5, 5.41) is 6.22. The van der Waals surface area contributed by atoms with Crippen molar-refractivity contribution < 1.29 is 22.6 Å². The second-order valence-electron chi connectivity index (χ2n) is 7.20. The number of nitrogens with one attached hydrogen (secondary N) is 2. The van der Waals surface area contributed by atoms with Gasteiger partial charge in [0.2, 0.25) is 0 Å². The van der Waals surface area contributed by atoms with Crippen molar-refractivity contribution in [3.05, 3.63) is 23.8 Å². The predicted molar refractivity (Wildman–Crippen MR) is 123 cm³/mol. The fourth-order valence-electron chi connectivity index (χ4n) is 3.25. The lowest BCUT2D eigenvalue weighted by atomic mass is 10.2. The van der Waals surface area contributed by atoms with E-state index in [1.165, 1.54) is 24.8 Å². The largest absolute Gasteiger partial charge is 0.497 e. The third-order valence-electron chi connectivity index (χ3n) is 4.78. The average molecular weight is 544 g/mol. The van der Waals surface area contributed by atoms with Crippen LogP contribution in [0.4, 0.5) is 13.2 Å². The molecule has 0 bridgehead atoms. The fraction of sp³-hybridized carbons (Fsp3) is 0.650. The normalized spacial score (nSPS) is 15.1. The summed E-state index contributed by atoms with van der Waals surface area (Å²) in [5.41, 5.74) is 0.967. The molecule has 0 atom stereocenters. The van der Waals surface area contributed by atoms with E-state index < -0.39 is 12.7 Å². The van der Waals surface area contributed by atoms with E-state index in [9.17, 15) is 13.2 Å². The highest BCUT2D eigenvalue weighted by Gasteiger charge is 2.28. The van der Waals surface area contributed by atoms with E-state index in [1.54, 1.807) is 14.2 Å². The molecular formula is C20H32F3IN4O2. The highest BCUT2D eigenvalue weighted by molar-refractivity contribution is 14.0. The molecule has 0 heterocycles. The fourth-order valence-corrected chi connectivity index (χ4v) is 3.25. The van der Waals surface area contributed by atoms with Crippen LogP contribution in [0.1, 0.15) is 31.2 Å². The van der Waals surface area contributed by atoms with Crippen LogP contribution in [0.15, 0.2) is 23.2 Å². The molecule has 172 valence electrons. The third-order valence-corrected chi connectivity index (χ3v) is 4.78. The summed E-state index contributed by atoms with van der Waals surface area (Å²) in [5.74, 6) is 2.04. The number of ether oxygens (including phenoxy) is 2. The Morgan fingerprint density at radius 1 is 1.23 bits per heavy atom. The maximum atomic E-state index is 12.4. The van der Waals surface area contributed by atoms with Gasteiger partial charge >= 0.3 is 6.18 Å². The van der Waals surface area contributed by atoms with Crippen molar-refractivity contribution in [2.24, 2.45) is 4.99 Å². The molecule has 0 unspecified atom stereocenters. The topological polar surface area (TPSA) is 58.1 Å². The summed E-state index contributed by atoms with van der Waals surface area (Å²) in [7, 11) is 4.68. The van der Waals surface area contributed by atoms with Crippen LogP contribution in [0.5, 0.6) is 11.5 Å². The quantitative estimate of drug-likeness (QED) is 0.282. The number of nitrogens with zero attached hydrogens (tertiary/aromatic N) is 2. The molecule has 1 fully saturated rings. The van der Waals surface area contributed by atoms with Crippen LogP contribution in [-0.2, 0) is 6.54 Å². The van der Waals surface area contributed by atoms with E-state index in [0.717, 1.165) is 29.9 Å². The summed E-state index contributed by atoms with van der Waals surface area (Å²) < 4.78 is 48.6. The maximum absolute atomic E-state index is 12.4. The molecule has 0 radical (unpaired) electrons. The third kappa shape index (κ3) is 9.59. The number of rotatable bonds is 9. The predicted octanol–water partition coefficient (Wildman–Crippen LogP) is 3.79. The van der Waals surface area contributed by atoms with Crippen LogP contribution in [0.25, 0.3) is 0 Å². The van der Waals surface area contributed by atoms with Crippen LogP contribution in [0.3, 0.4) is 0 Å². The molecule has 1 aromatic rings. The van der Waals surface area contributed by atoms with Gasteiger partial charge in [-0.3, -0.25) is 9.89 Å². The number of likely N-dealkylation sites (N-methyl/N-ethyl adjacent to an activating group) is 1. The lowest BCUT2D eigenvalue weighted by Gasteiger charge is -2.20. The van der Waals surface area contributed by atoms with Crippen molar-refractivity contribution in [3.63, 3.8) is 0 Å². The van der Waals surface area contributed by atoms with Crippen molar-refractivity contribution in [3.8, 4) is 11.5 Å². The highest BCUT2D eigenvalue weighted by atomic mass is 127. The molecule has 2 N–H and O–H groups in total. The molecule has 0 aromatic heterocycles. The van der Waals surface area contributed by atoms with Crippen molar-refractivity contribution in [2.45, 2.75) is 44.5 Å². The number of hydrogen-bond acceptors (Lipinski definition) is 4. The number of guanidine groups is 1. The second-order valence-corrected chi connectivity index (χ2v) is 7.20. The molecule has 1 aliphatic rings. The van der Waals surface area contributed by atoms with Gasteiger partial charge in [0.25, 0.3) is 0 Å². The SMILES string of the molecule is CN=C(NCCN(C)CC(F)(F)F)NCc1ccc(OC)cc1OC1CCCC1.I. The monoisotopic (exact) mass is 544 g/mol. The first-order valence-corrected chi connectivity index (χ1v) is 9.84. The molecule has 1 aliphatic carbocycles. The van der Waals surface area contributed by atoms with Crippen LogP contribution >= 0.6 is 24.0 Å². The Labute approximate surface area is 193 Å². The van der Waals surface area contributed by atoms with Crippen LogP contribution < -0.4 is 20.1 Å². The lowest BCUT2D eigenvalue weighted by molar-refractivity contribution is -0.142. The van der Waals surface area contributed by atoms with Crippen molar-refractivity contribution >= 4 is 29.9 Å². The van der Waals surface area contributed by atoms with E-state index in [-0.39, 0.29) is 36.6 Å². The van der Waals surface area contributed by atoms with E-state index in [4.69, 9.17) is 9.47 Å². The maximum Gasteiger partial charge on any atom is 0.401 e. The van der Waals surface area contributed by atoms with Gasteiger partial charge in [0, 0.05) is 38.3 Å². The van der Waals surface area contributed by atoms with Crippen molar-refractivity contribution in [1.82, 2.24) is 15.5 Å². The average Bonchev–Trinajstić information content (AvgIpc) is 3.16.